The molecular weight excluding hydrogens is 360 g/mol. The normalized spacial score (nSPS) is 23.6. The van der Waals surface area contributed by atoms with E-state index in [2.05, 4.69) is 9.88 Å². The minimum atomic E-state index is -1.02. The predicted molar refractivity (Wildman–Crippen MR) is 103 cm³/mol. The Balaban J connectivity index is 1.70. The van der Waals surface area contributed by atoms with Crippen LogP contribution in [0.3, 0.4) is 0 Å². The summed E-state index contributed by atoms with van der Waals surface area (Å²) in [5.41, 5.74) is 2.05. The predicted octanol–water partition coefficient (Wildman–Crippen LogP) is 2.06. The Kier molecular flexibility index (Phi) is 4.42. The Morgan fingerprint density at radius 3 is 2.93 bits per heavy atom. The van der Waals surface area contributed by atoms with Gasteiger partial charge in [-0.15, -0.1) is 0 Å². The van der Waals surface area contributed by atoms with E-state index in [9.17, 15) is 14.7 Å². The van der Waals surface area contributed by atoms with Crippen LogP contribution in [-0.2, 0) is 11.3 Å². The van der Waals surface area contributed by atoms with Gasteiger partial charge in [0.05, 0.1) is 7.11 Å². The Labute approximate surface area is 162 Å². The van der Waals surface area contributed by atoms with Crippen molar-refractivity contribution in [2.75, 3.05) is 26.8 Å². The highest BCUT2D eigenvalue weighted by Gasteiger charge is 2.56. The Morgan fingerprint density at radius 2 is 2.21 bits per heavy atom. The number of ether oxygens (including phenoxy) is 2. The van der Waals surface area contributed by atoms with Gasteiger partial charge in [0.15, 0.2) is 16.9 Å². The van der Waals surface area contributed by atoms with Crippen LogP contribution in [0.1, 0.15) is 28.3 Å². The molecule has 1 saturated heterocycles. The second kappa shape index (κ2) is 6.67. The Bertz CT molecular complexity index is 999. The summed E-state index contributed by atoms with van der Waals surface area (Å²) in [5.74, 6) is 0.186. The molecule has 1 aromatic heterocycles. The van der Waals surface area contributed by atoms with Crippen LogP contribution in [0.4, 0.5) is 0 Å². The lowest BCUT2D eigenvalue weighted by Gasteiger charge is -2.36. The molecule has 0 unspecified atom stereocenters. The molecule has 0 saturated carbocycles. The molecule has 2 aliphatic heterocycles. The highest BCUT2D eigenvalue weighted by molar-refractivity contribution is 5.79. The molecule has 7 heteroatoms. The molecule has 4 rings (SSSR count). The van der Waals surface area contributed by atoms with Crippen LogP contribution in [0, 0.1) is 19.3 Å². The summed E-state index contributed by atoms with van der Waals surface area (Å²) in [6.07, 6.45) is 1.71. The van der Waals surface area contributed by atoms with Gasteiger partial charge in [0.2, 0.25) is 0 Å². The van der Waals surface area contributed by atoms with Crippen molar-refractivity contribution in [1.82, 2.24) is 9.88 Å². The zero-order chi connectivity index (χ0) is 20.1. The maximum absolute atomic E-state index is 12.3. The standard InChI is InChI=1S/C21H24N2O5/c1-12-7-22-16(13(2)18(12)24)9-23-8-15-14-5-4-6-17(27-3)19(14)28-11-21(15,10-23)20(25)26/h4-7,15H,8-11H2,1-3H3,(H,22,24)(H,25,26)/t15-,21-/m0/s1. The van der Waals surface area contributed by atoms with Crippen molar-refractivity contribution >= 4 is 5.97 Å². The van der Waals surface area contributed by atoms with E-state index in [1.165, 1.54) is 0 Å². The number of carboxylic acids is 1. The van der Waals surface area contributed by atoms with Gasteiger partial charge in [-0.1, -0.05) is 12.1 Å². The van der Waals surface area contributed by atoms with Gasteiger partial charge in [-0.2, -0.15) is 0 Å². The van der Waals surface area contributed by atoms with Crippen LogP contribution in [0.5, 0.6) is 11.5 Å². The molecule has 148 valence electrons. The minimum absolute atomic E-state index is 0.0247. The minimum Gasteiger partial charge on any atom is -0.493 e. The van der Waals surface area contributed by atoms with Gasteiger partial charge in [0.25, 0.3) is 0 Å². The van der Waals surface area contributed by atoms with Crippen molar-refractivity contribution in [2.24, 2.45) is 5.41 Å². The first-order valence-electron chi connectivity index (χ1n) is 9.30. The van der Waals surface area contributed by atoms with Gasteiger partial charge in [-0.3, -0.25) is 14.5 Å². The van der Waals surface area contributed by atoms with Crippen LogP contribution < -0.4 is 14.9 Å². The lowest BCUT2D eigenvalue weighted by Crippen LogP contribution is -2.45. The molecule has 0 bridgehead atoms. The molecule has 2 aliphatic rings. The summed E-state index contributed by atoms with van der Waals surface area (Å²) in [6.45, 7) is 5.11. The number of aryl methyl sites for hydroxylation is 1. The SMILES string of the molecule is COc1cccc2c1OC[C@@]1(C(=O)O)CN(Cc3[nH]cc(C)c(=O)c3C)C[C@@H]21. The maximum atomic E-state index is 12.3. The maximum Gasteiger partial charge on any atom is 0.315 e. The second-order valence-corrected chi connectivity index (χ2v) is 7.76. The van der Waals surface area contributed by atoms with E-state index in [-0.39, 0.29) is 18.0 Å². The number of nitrogens with one attached hydrogen (secondary N) is 1. The number of likely N-dealkylation sites (tertiary alicyclic amines) is 1. The lowest BCUT2D eigenvalue weighted by molar-refractivity contribution is -0.152. The smallest absolute Gasteiger partial charge is 0.315 e. The molecule has 0 aliphatic carbocycles. The van der Waals surface area contributed by atoms with Gasteiger partial charge in [-0.25, -0.2) is 0 Å². The number of fused-ring (bicyclic) bond motifs is 3. The average molecular weight is 384 g/mol. The quantitative estimate of drug-likeness (QED) is 0.838. The first-order valence-corrected chi connectivity index (χ1v) is 9.30. The van der Waals surface area contributed by atoms with E-state index < -0.39 is 11.4 Å². The molecule has 7 nitrogen and oxygen atoms in total. The monoisotopic (exact) mass is 384 g/mol. The van der Waals surface area contributed by atoms with Crippen molar-refractivity contribution in [2.45, 2.75) is 26.3 Å². The highest BCUT2D eigenvalue weighted by Crippen LogP contribution is 2.52. The number of aromatic amines is 1. The number of aromatic nitrogens is 1. The molecule has 0 amide bonds. The van der Waals surface area contributed by atoms with E-state index in [0.29, 0.717) is 42.3 Å². The molecule has 1 fully saturated rings. The van der Waals surface area contributed by atoms with Gasteiger partial charge in [-0.05, 0) is 19.9 Å². The highest BCUT2D eigenvalue weighted by atomic mass is 16.5. The number of aliphatic carboxylic acids is 1. The molecule has 0 radical (unpaired) electrons. The fourth-order valence-electron chi connectivity index (χ4n) is 4.46. The van der Waals surface area contributed by atoms with Crippen molar-refractivity contribution < 1.29 is 19.4 Å². The average Bonchev–Trinajstić information content (AvgIpc) is 3.08. The molecule has 2 aromatic rings. The number of pyridine rings is 1. The number of H-pyrrole nitrogens is 1. The zero-order valence-corrected chi connectivity index (χ0v) is 16.2. The fraction of sp³-hybridized carbons (Fsp3) is 0.429. The largest absolute Gasteiger partial charge is 0.493 e. The number of hydrogen-bond acceptors (Lipinski definition) is 5. The van der Waals surface area contributed by atoms with E-state index in [0.717, 1.165) is 11.3 Å². The first-order chi connectivity index (χ1) is 13.4. The summed E-state index contributed by atoms with van der Waals surface area (Å²) in [4.78, 5) is 29.8. The summed E-state index contributed by atoms with van der Waals surface area (Å²) in [6, 6.07) is 5.60. The summed E-state index contributed by atoms with van der Waals surface area (Å²) >= 11 is 0. The van der Waals surface area contributed by atoms with Crippen LogP contribution in [0.15, 0.2) is 29.2 Å². The van der Waals surface area contributed by atoms with Gasteiger partial charge >= 0.3 is 5.97 Å². The number of carboxylic acid groups (broad SMARTS) is 1. The number of hydrogen-bond donors (Lipinski definition) is 2. The molecule has 0 spiro atoms. The molecule has 3 heterocycles. The molecule has 28 heavy (non-hydrogen) atoms. The second-order valence-electron chi connectivity index (χ2n) is 7.76. The van der Waals surface area contributed by atoms with Crippen molar-refractivity contribution in [3.8, 4) is 11.5 Å². The summed E-state index contributed by atoms with van der Waals surface area (Å²) in [5, 5.41) is 10.1. The fourth-order valence-corrected chi connectivity index (χ4v) is 4.46. The van der Waals surface area contributed by atoms with Crippen molar-refractivity contribution in [1.29, 1.82) is 0 Å². The molecule has 2 atom stereocenters. The Hall–Kier alpha value is -2.80. The summed E-state index contributed by atoms with van der Waals surface area (Å²) < 4.78 is 11.3. The lowest BCUT2D eigenvalue weighted by atomic mass is 9.73. The van der Waals surface area contributed by atoms with Crippen LogP contribution in [0.2, 0.25) is 0 Å². The third-order valence-corrected chi connectivity index (χ3v) is 6.11. The van der Waals surface area contributed by atoms with E-state index in [4.69, 9.17) is 9.47 Å². The van der Waals surface area contributed by atoms with Crippen LogP contribution >= 0.6 is 0 Å². The number of para-hydroxylation sites is 1. The topological polar surface area (TPSA) is 91.9 Å². The van der Waals surface area contributed by atoms with E-state index in [1.54, 1.807) is 27.2 Å². The van der Waals surface area contributed by atoms with Crippen LogP contribution in [0.25, 0.3) is 0 Å². The van der Waals surface area contributed by atoms with Crippen molar-refractivity contribution in [3.05, 3.63) is 57.0 Å². The summed E-state index contributed by atoms with van der Waals surface area (Å²) in [7, 11) is 1.58. The van der Waals surface area contributed by atoms with E-state index in [1.807, 2.05) is 18.2 Å². The van der Waals surface area contributed by atoms with E-state index >= 15 is 0 Å². The number of rotatable bonds is 4. The van der Waals surface area contributed by atoms with Gasteiger partial charge < -0.3 is 19.6 Å². The number of carbonyl (C=O) groups is 1. The number of methoxy groups -OCH3 is 1. The third kappa shape index (κ3) is 2.69. The molecule has 1 aromatic carbocycles. The van der Waals surface area contributed by atoms with Gasteiger partial charge in [0, 0.05) is 54.1 Å². The zero-order valence-electron chi connectivity index (χ0n) is 16.2. The molecular formula is C21H24N2O5. The first kappa shape index (κ1) is 18.6. The third-order valence-electron chi connectivity index (χ3n) is 6.11. The Morgan fingerprint density at radius 1 is 1.43 bits per heavy atom. The number of benzene rings is 1. The molecule has 2 N–H and O–H groups in total. The van der Waals surface area contributed by atoms with Crippen molar-refractivity contribution in [3.63, 3.8) is 0 Å². The number of nitrogens with zero attached hydrogens (tertiary/aromatic N) is 1. The van der Waals surface area contributed by atoms with Gasteiger partial charge in [0.1, 0.15) is 12.0 Å². The van der Waals surface area contributed by atoms with Crippen LogP contribution in [-0.4, -0.2) is 47.8 Å².